The molecule has 1 unspecified atom stereocenters. The number of anilines is 1. The molecule has 1 fully saturated rings. The molecule has 1 aromatic heterocycles. The number of carbonyl (C=O) groups excluding carboxylic acids is 1. The predicted molar refractivity (Wildman–Crippen MR) is 133 cm³/mol. The Morgan fingerprint density at radius 1 is 1.18 bits per heavy atom. The van der Waals surface area contributed by atoms with E-state index in [9.17, 15) is 13.2 Å². The highest BCUT2D eigenvalue weighted by atomic mass is 32.2. The van der Waals surface area contributed by atoms with Crippen molar-refractivity contribution < 1.29 is 22.7 Å². The molecule has 1 atom stereocenters. The first-order valence-corrected chi connectivity index (χ1v) is 13.4. The summed E-state index contributed by atoms with van der Waals surface area (Å²) in [5, 5.41) is 0. The molecule has 0 aliphatic carbocycles. The second kappa shape index (κ2) is 12.2. The van der Waals surface area contributed by atoms with Gasteiger partial charge in [-0.05, 0) is 48.9 Å². The van der Waals surface area contributed by atoms with Crippen molar-refractivity contribution in [2.45, 2.75) is 51.0 Å². The Labute approximate surface area is 202 Å². The van der Waals surface area contributed by atoms with Crippen LogP contribution in [-0.2, 0) is 19.6 Å². The quantitative estimate of drug-likeness (QED) is 0.480. The number of nitrogens with one attached hydrogen (secondary N) is 1. The highest BCUT2D eigenvalue weighted by molar-refractivity contribution is 7.89. The largest absolute Gasteiger partial charge is 0.496 e. The van der Waals surface area contributed by atoms with Crippen LogP contribution >= 0.6 is 0 Å². The van der Waals surface area contributed by atoms with Gasteiger partial charge in [0, 0.05) is 36.7 Å². The standard InChI is InChI=1S/C25H35N3O5S/c1-4-5-16-34(30,31)27-23(18-25(29)33-3)22-7-6-20(17-24(22)32-2)19-10-14-28(15-11-19)21-8-12-26-13-9-21/h6-9,12-13,17,19,23,27H,4-5,10-11,14-16,18H2,1-3H3. The average molecular weight is 490 g/mol. The van der Waals surface area contributed by atoms with E-state index in [1.54, 1.807) is 7.11 Å². The lowest BCUT2D eigenvalue weighted by Gasteiger charge is -2.34. The molecule has 0 bridgehead atoms. The fraction of sp³-hybridized carbons (Fsp3) is 0.520. The van der Waals surface area contributed by atoms with Crippen LogP contribution in [0.1, 0.15) is 62.1 Å². The fourth-order valence-electron chi connectivity index (χ4n) is 4.37. The topological polar surface area (TPSA) is 97.8 Å². The molecule has 8 nitrogen and oxygen atoms in total. The van der Waals surface area contributed by atoms with Crippen molar-refractivity contribution in [2.75, 3.05) is 38.0 Å². The third kappa shape index (κ3) is 6.93. The van der Waals surface area contributed by atoms with Gasteiger partial charge in [-0.1, -0.05) is 25.5 Å². The number of sulfonamides is 1. The van der Waals surface area contributed by atoms with Gasteiger partial charge < -0.3 is 14.4 Å². The summed E-state index contributed by atoms with van der Waals surface area (Å²) < 4.78 is 38.3. The van der Waals surface area contributed by atoms with Crippen LogP contribution in [0, 0.1) is 0 Å². The van der Waals surface area contributed by atoms with Crippen molar-refractivity contribution in [3.8, 4) is 5.75 Å². The van der Waals surface area contributed by atoms with E-state index in [1.165, 1.54) is 12.8 Å². The summed E-state index contributed by atoms with van der Waals surface area (Å²) in [6.45, 7) is 3.83. The molecule has 0 radical (unpaired) electrons. The number of hydrogen-bond acceptors (Lipinski definition) is 7. The Hall–Kier alpha value is -2.65. The van der Waals surface area contributed by atoms with Crippen molar-refractivity contribution in [1.29, 1.82) is 0 Å². The van der Waals surface area contributed by atoms with Gasteiger partial charge in [-0.2, -0.15) is 0 Å². The first-order chi connectivity index (χ1) is 16.4. The van der Waals surface area contributed by atoms with Crippen molar-refractivity contribution in [3.05, 3.63) is 53.9 Å². The zero-order chi connectivity index (χ0) is 24.6. The van der Waals surface area contributed by atoms with E-state index >= 15 is 0 Å². The molecular weight excluding hydrogens is 454 g/mol. The van der Waals surface area contributed by atoms with Gasteiger partial charge in [-0.3, -0.25) is 9.78 Å². The number of pyridine rings is 1. The van der Waals surface area contributed by atoms with Gasteiger partial charge in [0.2, 0.25) is 10.0 Å². The van der Waals surface area contributed by atoms with Crippen molar-refractivity contribution in [3.63, 3.8) is 0 Å². The number of ether oxygens (including phenoxy) is 2. The molecule has 0 saturated carbocycles. The molecular formula is C25H35N3O5S. The number of aromatic nitrogens is 1. The van der Waals surface area contributed by atoms with E-state index < -0.39 is 22.0 Å². The molecule has 1 aromatic carbocycles. The maximum Gasteiger partial charge on any atom is 0.307 e. The number of benzene rings is 1. The van der Waals surface area contributed by atoms with Gasteiger partial charge in [-0.15, -0.1) is 0 Å². The lowest BCUT2D eigenvalue weighted by atomic mass is 9.87. The number of methoxy groups -OCH3 is 2. The summed E-state index contributed by atoms with van der Waals surface area (Å²) in [4.78, 5) is 18.5. The van der Waals surface area contributed by atoms with E-state index in [4.69, 9.17) is 9.47 Å². The van der Waals surface area contributed by atoms with Gasteiger partial charge in [0.25, 0.3) is 0 Å². The van der Waals surface area contributed by atoms with E-state index in [0.29, 0.717) is 23.7 Å². The normalized spacial score (nSPS) is 15.7. The summed E-state index contributed by atoms with van der Waals surface area (Å²) >= 11 is 0. The van der Waals surface area contributed by atoms with Gasteiger partial charge in [0.1, 0.15) is 5.75 Å². The molecule has 1 N–H and O–H groups in total. The molecule has 1 aliphatic rings. The molecule has 3 rings (SSSR count). The van der Waals surface area contributed by atoms with Gasteiger partial charge >= 0.3 is 5.97 Å². The van der Waals surface area contributed by atoms with Crippen molar-refractivity contribution in [1.82, 2.24) is 9.71 Å². The first kappa shape index (κ1) is 26.0. The van der Waals surface area contributed by atoms with E-state index in [0.717, 1.165) is 37.9 Å². The highest BCUT2D eigenvalue weighted by Gasteiger charge is 2.27. The van der Waals surface area contributed by atoms with E-state index in [-0.39, 0.29) is 12.2 Å². The molecule has 0 spiro atoms. The molecule has 186 valence electrons. The number of unbranched alkanes of at least 4 members (excludes halogenated alkanes) is 1. The number of carbonyl (C=O) groups is 1. The zero-order valence-corrected chi connectivity index (χ0v) is 21.0. The van der Waals surface area contributed by atoms with E-state index in [2.05, 4.69) is 14.6 Å². The molecule has 1 saturated heterocycles. The molecule has 9 heteroatoms. The van der Waals surface area contributed by atoms with Gasteiger partial charge in [0.15, 0.2) is 0 Å². The molecule has 2 aromatic rings. The number of hydrogen-bond donors (Lipinski definition) is 1. The van der Waals surface area contributed by atoms with Crippen LogP contribution in [0.2, 0.25) is 0 Å². The second-order valence-electron chi connectivity index (χ2n) is 8.59. The third-order valence-corrected chi connectivity index (χ3v) is 7.78. The first-order valence-electron chi connectivity index (χ1n) is 11.8. The molecule has 1 aliphatic heterocycles. The molecule has 2 heterocycles. The molecule has 0 amide bonds. The monoisotopic (exact) mass is 489 g/mol. The minimum absolute atomic E-state index is 0.0115. The summed E-state index contributed by atoms with van der Waals surface area (Å²) in [6, 6.07) is 9.18. The second-order valence-corrected chi connectivity index (χ2v) is 10.5. The van der Waals surface area contributed by atoms with Crippen LogP contribution in [0.5, 0.6) is 5.75 Å². The van der Waals surface area contributed by atoms with Crippen LogP contribution in [0.4, 0.5) is 5.69 Å². The average Bonchev–Trinajstić information content (AvgIpc) is 2.87. The SMILES string of the molecule is CCCCS(=O)(=O)NC(CC(=O)OC)c1ccc(C2CCN(c3ccncc3)CC2)cc1OC. The smallest absolute Gasteiger partial charge is 0.307 e. The number of rotatable bonds is 11. The number of nitrogens with zero attached hydrogens (tertiary/aromatic N) is 2. The maximum atomic E-state index is 12.6. The third-order valence-electron chi connectivity index (χ3n) is 6.31. The lowest BCUT2D eigenvalue weighted by Crippen LogP contribution is -2.33. The summed E-state index contributed by atoms with van der Waals surface area (Å²) in [5.74, 6) is 0.470. The minimum atomic E-state index is -3.56. The fourth-order valence-corrected chi connectivity index (χ4v) is 5.80. The maximum absolute atomic E-state index is 12.6. The number of esters is 1. The number of piperidine rings is 1. The molecule has 34 heavy (non-hydrogen) atoms. The van der Waals surface area contributed by atoms with Gasteiger partial charge in [0.05, 0.1) is 32.4 Å². The summed E-state index contributed by atoms with van der Waals surface area (Å²) in [5.41, 5.74) is 2.97. The van der Waals surface area contributed by atoms with Crippen LogP contribution in [0.3, 0.4) is 0 Å². The summed E-state index contributed by atoms with van der Waals surface area (Å²) in [7, 11) is -0.696. The predicted octanol–water partition coefficient (Wildman–Crippen LogP) is 3.80. The van der Waals surface area contributed by atoms with Crippen LogP contribution in [-0.4, -0.2) is 52.4 Å². The lowest BCUT2D eigenvalue weighted by molar-refractivity contribution is -0.141. The summed E-state index contributed by atoms with van der Waals surface area (Å²) in [6.07, 6.45) is 6.83. The Kier molecular flexibility index (Phi) is 9.29. The Balaban J connectivity index is 1.78. The Morgan fingerprint density at radius 2 is 1.88 bits per heavy atom. The van der Waals surface area contributed by atoms with Crippen LogP contribution in [0.15, 0.2) is 42.7 Å². The van der Waals surface area contributed by atoms with Crippen molar-refractivity contribution in [2.24, 2.45) is 0 Å². The van der Waals surface area contributed by atoms with Crippen LogP contribution in [0.25, 0.3) is 0 Å². The Morgan fingerprint density at radius 3 is 2.50 bits per heavy atom. The van der Waals surface area contributed by atoms with Crippen LogP contribution < -0.4 is 14.4 Å². The van der Waals surface area contributed by atoms with E-state index in [1.807, 2.05) is 49.6 Å². The Bertz CT molecular complexity index is 1040. The van der Waals surface area contributed by atoms with Gasteiger partial charge in [-0.25, -0.2) is 13.1 Å². The highest BCUT2D eigenvalue weighted by Crippen LogP contribution is 2.36. The minimum Gasteiger partial charge on any atom is -0.496 e. The zero-order valence-electron chi connectivity index (χ0n) is 20.2. The van der Waals surface area contributed by atoms with Crippen molar-refractivity contribution >= 4 is 21.7 Å².